The Hall–Kier alpha value is -1.50. The molecule has 102 valence electrons. The van der Waals surface area contributed by atoms with Gasteiger partial charge in [0.15, 0.2) is 0 Å². The highest BCUT2D eigenvalue weighted by Gasteiger charge is 2.15. The van der Waals surface area contributed by atoms with E-state index in [0.717, 1.165) is 5.75 Å². The van der Waals surface area contributed by atoms with Crippen LogP contribution in [0.4, 0.5) is 0 Å². The van der Waals surface area contributed by atoms with Gasteiger partial charge in [0, 0.05) is 0 Å². The Morgan fingerprint density at radius 3 is 1.89 bits per heavy atom. The van der Waals surface area contributed by atoms with E-state index in [1.807, 2.05) is 0 Å². The average Bonchev–Trinajstić information content (AvgIpc) is 2.24. The molecule has 0 spiro atoms. The standard InChI is InChI=1S/C18H24O/c1-17(2,3)15-9-7-14-12-16(19-18(4,5)6)10-8-13(14)11-15/h7-12H,1-6H3. The maximum absolute atomic E-state index is 5.91. The zero-order valence-electron chi connectivity index (χ0n) is 12.9. The molecule has 0 aliphatic rings. The Balaban J connectivity index is 2.41. The fourth-order valence-corrected chi connectivity index (χ4v) is 2.11. The van der Waals surface area contributed by atoms with Crippen LogP contribution in [-0.4, -0.2) is 5.60 Å². The lowest BCUT2D eigenvalue weighted by Gasteiger charge is -2.22. The molecular formula is C18H24O. The fourth-order valence-electron chi connectivity index (χ4n) is 2.11. The third-order valence-electron chi connectivity index (χ3n) is 3.10. The van der Waals surface area contributed by atoms with Crippen LogP contribution >= 0.6 is 0 Å². The van der Waals surface area contributed by atoms with E-state index in [0.29, 0.717) is 0 Å². The van der Waals surface area contributed by atoms with Gasteiger partial charge in [-0.05, 0) is 54.7 Å². The highest BCUT2D eigenvalue weighted by atomic mass is 16.5. The number of fused-ring (bicyclic) bond motifs is 1. The van der Waals surface area contributed by atoms with Crippen LogP contribution in [0, 0.1) is 0 Å². The normalized spacial score (nSPS) is 12.7. The van der Waals surface area contributed by atoms with Gasteiger partial charge in [0.25, 0.3) is 0 Å². The first-order chi connectivity index (χ1) is 8.65. The summed E-state index contributed by atoms with van der Waals surface area (Å²) < 4.78 is 5.91. The molecule has 0 aromatic heterocycles. The third-order valence-corrected chi connectivity index (χ3v) is 3.10. The Morgan fingerprint density at radius 2 is 1.32 bits per heavy atom. The number of rotatable bonds is 1. The van der Waals surface area contributed by atoms with Gasteiger partial charge in [-0.1, -0.05) is 45.0 Å². The summed E-state index contributed by atoms with van der Waals surface area (Å²) in [6.07, 6.45) is 0. The zero-order valence-corrected chi connectivity index (χ0v) is 12.9. The minimum Gasteiger partial charge on any atom is -0.488 e. The summed E-state index contributed by atoms with van der Waals surface area (Å²) in [6.45, 7) is 12.9. The molecule has 0 N–H and O–H groups in total. The zero-order chi connectivity index (χ0) is 14.3. The molecule has 0 saturated carbocycles. The molecule has 0 aliphatic carbocycles. The average molecular weight is 256 g/mol. The fraction of sp³-hybridized carbons (Fsp3) is 0.444. The van der Waals surface area contributed by atoms with Gasteiger partial charge < -0.3 is 4.74 Å². The van der Waals surface area contributed by atoms with E-state index in [9.17, 15) is 0 Å². The molecule has 0 bridgehead atoms. The van der Waals surface area contributed by atoms with Crippen molar-refractivity contribution in [1.29, 1.82) is 0 Å². The Labute approximate surface area is 116 Å². The largest absolute Gasteiger partial charge is 0.488 e. The van der Waals surface area contributed by atoms with Crippen LogP contribution in [0.25, 0.3) is 10.8 Å². The Kier molecular flexibility index (Phi) is 3.34. The first-order valence-corrected chi connectivity index (χ1v) is 6.88. The van der Waals surface area contributed by atoms with Crippen LogP contribution < -0.4 is 4.74 Å². The van der Waals surface area contributed by atoms with Crippen molar-refractivity contribution in [2.45, 2.75) is 52.6 Å². The number of benzene rings is 2. The Bertz CT molecular complexity index is 583. The lowest BCUT2D eigenvalue weighted by atomic mass is 9.86. The van der Waals surface area contributed by atoms with E-state index < -0.39 is 0 Å². The Morgan fingerprint density at radius 1 is 0.737 bits per heavy atom. The van der Waals surface area contributed by atoms with Gasteiger partial charge in [-0.3, -0.25) is 0 Å². The first-order valence-electron chi connectivity index (χ1n) is 6.88. The minimum atomic E-state index is -0.154. The number of hydrogen-bond donors (Lipinski definition) is 0. The molecule has 0 aliphatic heterocycles. The van der Waals surface area contributed by atoms with Crippen LogP contribution in [0.1, 0.15) is 47.1 Å². The van der Waals surface area contributed by atoms with E-state index in [4.69, 9.17) is 4.74 Å². The summed E-state index contributed by atoms with van der Waals surface area (Å²) in [6, 6.07) is 13.0. The second kappa shape index (κ2) is 4.56. The lowest BCUT2D eigenvalue weighted by molar-refractivity contribution is 0.131. The molecule has 1 nitrogen and oxygen atoms in total. The van der Waals surface area contributed by atoms with E-state index in [-0.39, 0.29) is 11.0 Å². The highest BCUT2D eigenvalue weighted by molar-refractivity contribution is 5.84. The smallest absolute Gasteiger partial charge is 0.120 e. The van der Waals surface area contributed by atoms with Crippen molar-refractivity contribution >= 4 is 10.8 Å². The maximum atomic E-state index is 5.91. The van der Waals surface area contributed by atoms with Crippen molar-refractivity contribution in [1.82, 2.24) is 0 Å². The van der Waals surface area contributed by atoms with Gasteiger partial charge in [-0.25, -0.2) is 0 Å². The van der Waals surface area contributed by atoms with E-state index in [1.165, 1.54) is 16.3 Å². The van der Waals surface area contributed by atoms with Crippen molar-refractivity contribution in [2.75, 3.05) is 0 Å². The summed E-state index contributed by atoms with van der Waals surface area (Å²) in [7, 11) is 0. The van der Waals surface area contributed by atoms with E-state index in [1.54, 1.807) is 0 Å². The summed E-state index contributed by atoms with van der Waals surface area (Å²) in [5.74, 6) is 0.934. The van der Waals surface area contributed by atoms with Gasteiger partial charge in [0.1, 0.15) is 11.4 Å². The summed E-state index contributed by atoms with van der Waals surface area (Å²) in [5.41, 5.74) is 1.40. The molecule has 2 rings (SSSR count). The van der Waals surface area contributed by atoms with Crippen LogP contribution in [0.3, 0.4) is 0 Å². The topological polar surface area (TPSA) is 9.23 Å². The number of ether oxygens (including phenoxy) is 1. The molecule has 0 radical (unpaired) electrons. The predicted molar refractivity (Wildman–Crippen MR) is 83.0 cm³/mol. The monoisotopic (exact) mass is 256 g/mol. The molecule has 1 heteroatoms. The summed E-state index contributed by atoms with van der Waals surface area (Å²) in [5, 5.41) is 2.50. The summed E-state index contributed by atoms with van der Waals surface area (Å²) >= 11 is 0. The van der Waals surface area contributed by atoms with Gasteiger partial charge in [-0.15, -0.1) is 0 Å². The van der Waals surface area contributed by atoms with Crippen molar-refractivity contribution < 1.29 is 4.74 Å². The molecular weight excluding hydrogens is 232 g/mol. The van der Waals surface area contributed by atoms with E-state index >= 15 is 0 Å². The van der Waals surface area contributed by atoms with Crippen molar-refractivity contribution in [3.63, 3.8) is 0 Å². The highest BCUT2D eigenvalue weighted by Crippen LogP contribution is 2.29. The maximum Gasteiger partial charge on any atom is 0.120 e. The molecule has 19 heavy (non-hydrogen) atoms. The van der Waals surface area contributed by atoms with Crippen LogP contribution in [0.2, 0.25) is 0 Å². The minimum absolute atomic E-state index is 0.154. The summed E-state index contributed by atoms with van der Waals surface area (Å²) in [4.78, 5) is 0. The van der Waals surface area contributed by atoms with Gasteiger partial charge >= 0.3 is 0 Å². The second-order valence-electron chi connectivity index (χ2n) is 7.19. The van der Waals surface area contributed by atoms with Crippen LogP contribution in [-0.2, 0) is 5.41 Å². The molecule has 0 atom stereocenters. The SMILES string of the molecule is CC(C)(C)Oc1ccc2cc(C(C)(C)C)ccc2c1. The molecule has 2 aromatic rings. The molecule has 0 unspecified atom stereocenters. The van der Waals surface area contributed by atoms with Crippen molar-refractivity contribution in [3.05, 3.63) is 42.0 Å². The molecule has 0 amide bonds. The van der Waals surface area contributed by atoms with Gasteiger partial charge in [0.05, 0.1) is 0 Å². The third kappa shape index (κ3) is 3.50. The van der Waals surface area contributed by atoms with Gasteiger partial charge in [-0.2, -0.15) is 0 Å². The van der Waals surface area contributed by atoms with Crippen LogP contribution in [0.5, 0.6) is 5.75 Å². The van der Waals surface area contributed by atoms with Crippen molar-refractivity contribution in [3.8, 4) is 5.75 Å². The lowest BCUT2D eigenvalue weighted by Crippen LogP contribution is -2.22. The molecule has 0 saturated heterocycles. The quantitative estimate of drug-likeness (QED) is 0.671. The van der Waals surface area contributed by atoms with Crippen molar-refractivity contribution in [2.24, 2.45) is 0 Å². The second-order valence-corrected chi connectivity index (χ2v) is 7.19. The molecule has 0 fully saturated rings. The van der Waals surface area contributed by atoms with Gasteiger partial charge in [0.2, 0.25) is 0 Å². The first kappa shape index (κ1) is 13.9. The molecule has 0 heterocycles. The number of hydrogen-bond acceptors (Lipinski definition) is 1. The predicted octanol–water partition coefficient (Wildman–Crippen LogP) is 5.31. The van der Waals surface area contributed by atoms with E-state index in [2.05, 4.69) is 77.9 Å². The molecule has 2 aromatic carbocycles. The van der Waals surface area contributed by atoms with Crippen LogP contribution in [0.15, 0.2) is 36.4 Å².